The Hall–Kier alpha value is -3.73. The van der Waals surface area contributed by atoms with Crippen molar-refractivity contribution in [3.8, 4) is 11.4 Å². The summed E-state index contributed by atoms with van der Waals surface area (Å²) in [7, 11) is 1.81. The highest BCUT2D eigenvalue weighted by Gasteiger charge is 2.24. The number of aromatic nitrogens is 8. The van der Waals surface area contributed by atoms with Gasteiger partial charge in [-0.1, -0.05) is 10.4 Å². The van der Waals surface area contributed by atoms with E-state index in [1.54, 1.807) is 36.4 Å². The summed E-state index contributed by atoms with van der Waals surface area (Å²) in [5.41, 5.74) is 2.34. The van der Waals surface area contributed by atoms with Crippen LogP contribution in [-0.4, -0.2) is 69.9 Å². The minimum Gasteiger partial charge on any atom is -0.305 e. The van der Waals surface area contributed by atoms with Gasteiger partial charge in [0.2, 0.25) is 0 Å². The molecule has 0 aromatic carbocycles. The molecule has 1 saturated heterocycles. The van der Waals surface area contributed by atoms with E-state index in [9.17, 15) is 4.79 Å². The van der Waals surface area contributed by atoms with Crippen LogP contribution < -0.4 is 5.32 Å². The number of aryl methyl sites for hydroxylation is 1. The lowest BCUT2D eigenvalue weighted by molar-refractivity contribution is 0.102. The number of pyridine rings is 2. The first-order valence-electron chi connectivity index (χ1n) is 11.1. The highest BCUT2D eigenvalue weighted by atomic mass is 16.2. The topological polar surface area (TPSA) is 120 Å². The smallest absolute Gasteiger partial charge is 0.278 e. The second-order valence-electron chi connectivity index (χ2n) is 8.63. The van der Waals surface area contributed by atoms with Crippen molar-refractivity contribution in [1.29, 1.82) is 0 Å². The predicted molar refractivity (Wildman–Crippen MR) is 122 cm³/mol. The highest BCUT2D eigenvalue weighted by molar-refractivity contribution is 6.02. The maximum atomic E-state index is 12.8. The average molecular weight is 447 g/mol. The molecule has 1 amide bonds. The third-order valence-electron chi connectivity index (χ3n) is 6.03. The van der Waals surface area contributed by atoms with Gasteiger partial charge in [-0.05, 0) is 38.8 Å². The molecular weight excluding hydrogens is 420 g/mol. The summed E-state index contributed by atoms with van der Waals surface area (Å²) in [6.45, 7) is 6.47. The van der Waals surface area contributed by atoms with E-state index in [-0.39, 0.29) is 17.6 Å². The summed E-state index contributed by atoms with van der Waals surface area (Å²) in [6, 6.07) is 6.33. The lowest BCUT2D eigenvalue weighted by Gasteiger charge is -2.34. The van der Waals surface area contributed by atoms with Crippen LogP contribution in [0.2, 0.25) is 0 Å². The number of nitrogens with zero attached hydrogens (tertiary/aromatic N) is 9. The molecule has 11 nitrogen and oxygen atoms in total. The van der Waals surface area contributed by atoms with Crippen molar-refractivity contribution < 1.29 is 4.79 Å². The highest BCUT2D eigenvalue weighted by Crippen LogP contribution is 2.23. The zero-order valence-corrected chi connectivity index (χ0v) is 18.9. The molecule has 0 aliphatic carbocycles. The first kappa shape index (κ1) is 21.1. The molecule has 11 heteroatoms. The average Bonchev–Trinajstić information content (AvgIpc) is 3.48. The van der Waals surface area contributed by atoms with Crippen LogP contribution in [0.4, 0.5) is 5.82 Å². The second-order valence-corrected chi connectivity index (χ2v) is 8.63. The van der Waals surface area contributed by atoms with Crippen LogP contribution >= 0.6 is 0 Å². The molecule has 5 rings (SSSR count). The van der Waals surface area contributed by atoms with Crippen LogP contribution in [0.3, 0.4) is 0 Å². The summed E-state index contributed by atoms with van der Waals surface area (Å²) in [5, 5.41) is 20.0. The summed E-state index contributed by atoms with van der Waals surface area (Å²) in [4.78, 5) is 24.2. The van der Waals surface area contributed by atoms with Crippen LogP contribution in [0.25, 0.3) is 22.3 Å². The van der Waals surface area contributed by atoms with Gasteiger partial charge in [0.1, 0.15) is 11.5 Å². The van der Waals surface area contributed by atoms with Crippen LogP contribution in [-0.2, 0) is 7.05 Å². The van der Waals surface area contributed by atoms with Crippen molar-refractivity contribution in [2.24, 2.45) is 7.05 Å². The zero-order chi connectivity index (χ0) is 22.9. The third kappa shape index (κ3) is 4.44. The van der Waals surface area contributed by atoms with Gasteiger partial charge in [-0.25, -0.2) is 14.6 Å². The largest absolute Gasteiger partial charge is 0.305 e. The molecule has 4 aromatic heterocycles. The number of hydrogen-bond donors (Lipinski definition) is 1. The van der Waals surface area contributed by atoms with Gasteiger partial charge in [0, 0.05) is 43.8 Å². The molecule has 0 bridgehead atoms. The Bertz CT molecular complexity index is 1290. The van der Waals surface area contributed by atoms with Gasteiger partial charge in [0.25, 0.3) is 5.91 Å². The number of rotatable bonds is 5. The van der Waals surface area contributed by atoms with Gasteiger partial charge in [-0.3, -0.25) is 9.48 Å². The summed E-state index contributed by atoms with van der Waals surface area (Å²) >= 11 is 0. The summed E-state index contributed by atoms with van der Waals surface area (Å²) in [5.74, 6) is 0.0499. The van der Waals surface area contributed by atoms with E-state index in [4.69, 9.17) is 0 Å². The van der Waals surface area contributed by atoms with E-state index in [0.717, 1.165) is 31.3 Å². The van der Waals surface area contributed by atoms with Crippen molar-refractivity contribution in [2.45, 2.75) is 38.8 Å². The Balaban J connectivity index is 1.29. The molecule has 0 radical (unpaired) electrons. The monoisotopic (exact) mass is 446 g/mol. The van der Waals surface area contributed by atoms with Gasteiger partial charge >= 0.3 is 0 Å². The molecule has 1 aliphatic heterocycles. The predicted octanol–water partition coefficient (Wildman–Crippen LogP) is 2.31. The lowest BCUT2D eigenvalue weighted by Crippen LogP contribution is -2.39. The Labute approximate surface area is 190 Å². The fraction of sp³-hybridized carbons (Fsp3) is 0.409. The van der Waals surface area contributed by atoms with Crippen molar-refractivity contribution in [3.63, 3.8) is 0 Å². The molecule has 170 valence electrons. The number of carbonyl (C=O) groups is 1. The summed E-state index contributed by atoms with van der Waals surface area (Å²) < 4.78 is 3.44. The molecule has 0 spiro atoms. The van der Waals surface area contributed by atoms with Crippen molar-refractivity contribution >= 4 is 22.6 Å². The van der Waals surface area contributed by atoms with E-state index >= 15 is 0 Å². The number of piperidine rings is 1. The normalized spacial score (nSPS) is 15.4. The van der Waals surface area contributed by atoms with Gasteiger partial charge in [-0.15, -0.1) is 10.2 Å². The van der Waals surface area contributed by atoms with Crippen molar-refractivity contribution in [2.75, 3.05) is 18.4 Å². The second kappa shape index (κ2) is 8.66. The molecule has 33 heavy (non-hydrogen) atoms. The molecule has 5 heterocycles. The number of anilines is 1. The molecule has 0 saturated carbocycles. The van der Waals surface area contributed by atoms with E-state index < -0.39 is 0 Å². The lowest BCUT2D eigenvalue weighted by atomic mass is 10.0. The molecule has 0 unspecified atom stereocenters. The number of amides is 1. The first-order valence-corrected chi connectivity index (χ1v) is 11.1. The number of nitrogens with one attached hydrogen (secondary N) is 1. The Morgan fingerprint density at radius 3 is 2.64 bits per heavy atom. The third-order valence-corrected chi connectivity index (χ3v) is 6.03. The minimum absolute atomic E-state index is 0.261. The van der Waals surface area contributed by atoms with Gasteiger partial charge in [0.15, 0.2) is 5.69 Å². The number of likely N-dealkylation sites (tertiary alicyclic amines) is 1. The molecular formula is C22H26N10O. The van der Waals surface area contributed by atoms with Gasteiger partial charge < -0.3 is 10.2 Å². The van der Waals surface area contributed by atoms with Crippen LogP contribution in [0.15, 0.2) is 36.8 Å². The number of hydrogen-bond acceptors (Lipinski definition) is 8. The number of fused-ring (bicyclic) bond motifs is 1. The fourth-order valence-corrected chi connectivity index (χ4v) is 4.10. The standard InChI is InChI=1S/C22H26N10O/c1-14(2)31-8-6-16(7-9-31)32-13-20(27-29-32)22(33)25-21-10-18-15(11-23-21)4-5-17(24-18)19-12-30(3)28-26-19/h4-5,10-14,16H,6-9H2,1-3H3,(H,23,25,33). The first-order chi connectivity index (χ1) is 16.0. The Morgan fingerprint density at radius 2 is 1.91 bits per heavy atom. The SMILES string of the molecule is CC(C)N1CCC(n2cc(C(=O)Nc3cc4nc(-c5cn(C)nn5)ccc4cn3)nn2)CC1. The quantitative estimate of drug-likeness (QED) is 0.496. The van der Waals surface area contributed by atoms with Gasteiger partial charge in [-0.2, -0.15) is 0 Å². The van der Waals surface area contributed by atoms with Crippen LogP contribution in [0.5, 0.6) is 0 Å². The molecule has 1 N–H and O–H groups in total. The maximum Gasteiger partial charge on any atom is 0.278 e. The fourth-order valence-electron chi connectivity index (χ4n) is 4.10. The van der Waals surface area contributed by atoms with E-state index in [1.807, 2.05) is 16.8 Å². The Kier molecular flexibility index (Phi) is 5.55. The van der Waals surface area contributed by atoms with Crippen LogP contribution in [0.1, 0.15) is 43.2 Å². The van der Waals surface area contributed by atoms with Crippen molar-refractivity contribution in [3.05, 3.63) is 42.5 Å². The summed E-state index contributed by atoms with van der Waals surface area (Å²) in [6.07, 6.45) is 7.19. The van der Waals surface area contributed by atoms with Crippen LogP contribution in [0, 0.1) is 0 Å². The molecule has 1 aliphatic rings. The Morgan fingerprint density at radius 1 is 1.09 bits per heavy atom. The van der Waals surface area contributed by atoms with E-state index in [0.29, 0.717) is 28.8 Å². The number of carbonyl (C=O) groups excluding carboxylic acids is 1. The minimum atomic E-state index is -0.349. The maximum absolute atomic E-state index is 12.8. The molecule has 0 atom stereocenters. The van der Waals surface area contributed by atoms with Gasteiger partial charge in [0.05, 0.1) is 29.6 Å². The van der Waals surface area contributed by atoms with E-state index in [1.165, 1.54) is 0 Å². The van der Waals surface area contributed by atoms with Crippen molar-refractivity contribution in [1.82, 2.24) is 44.9 Å². The molecule has 1 fully saturated rings. The zero-order valence-electron chi connectivity index (χ0n) is 18.9. The molecule has 4 aromatic rings. The van der Waals surface area contributed by atoms with E-state index in [2.05, 4.69) is 54.7 Å².